The summed E-state index contributed by atoms with van der Waals surface area (Å²) in [6.45, 7) is 8.97. The summed E-state index contributed by atoms with van der Waals surface area (Å²) in [6.07, 6.45) is 6.49. The molecule has 5 nitrogen and oxygen atoms in total. The van der Waals surface area contributed by atoms with Gasteiger partial charge in [0.1, 0.15) is 0 Å². The lowest BCUT2D eigenvalue weighted by Crippen LogP contribution is -2.56. The maximum Gasteiger partial charge on any atom is 0.397 e. The van der Waals surface area contributed by atoms with E-state index in [4.69, 9.17) is 4.55 Å². The van der Waals surface area contributed by atoms with E-state index in [0.717, 1.165) is 32.1 Å². The van der Waals surface area contributed by atoms with Crippen molar-refractivity contribution in [1.29, 1.82) is 0 Å². The molecule has 2 N–H and O–H groups in total. The van der Waals surface area contributed by atoms with Crippen molar-refractivity contribution in [2.75, 3.05) is 6.61 Å². The molecule has 7 atom stereocenters. The van der Waals surface area contributed by atoms with Gasteiger partial charge in [-0.15, -0.1) is 0 Å². The van der Waals surface area contributed by atoms with Crippen LogP contribution in [-0.4, -0.2) is 40.4 Å². The summed E-state index contributed by atoms with van der Waals surface area (Å²) in [7, 11) is -4.46. The predicted octanol–water partition coefficient (Wildman–Crippen LogP) is 4.88. The zero-order valence-electron chi connectivity index (χ0n) is 17.0. The largest absolute Gasteiger partial charge is 0.397 e. The maximum absolute atomic E-state index is 11.1. The Morgan fingerprint density at radius 2 is 1.96 bits per heavy atom. The smallest absolute Gasteiger partial charge is 0.392 e. The molecule has 3 aliphatic rings. The van der Waals surface area contributed by atoms with Gasteiger partial charge in [-0.25, -0.2) is 4.18 Å². The molecular weight excluding hydrogens is 512 g/mol. The molecule has 2 saturated carbocycles. The normalized spacial score (nSPS) is 44.2. The Labute approximate surface area is 185 Å². The molecule has 0 aromatic carbocycles. The summed E-state index contributed by atoms with van der Waals surface area (Å²) in [5.74, 6) is 0.496. The molecular formula is C20H32Br2O5S. The molecule has 0 saturated heterocycles. The fraction of sp³-hybridized carbons (Fsp3) is 0.900. The predicted molar refractivity (Wildman–Crippen MR) is 117 cm³/mol. The van der Waals surface area contributed by atoms with E-state index in [9.17, 15) is 13.5 Å². The van der Waals surface area contributed by atoms with Gasteiger partial charge in [-0.1, -0.05) is 71.2 Å². The van der Waals surface area contributed by atoms with E-state index in [1.807, 2.05) is 0 Å². The first-order valence-electron chi connectivity index (χ1n) is 9.99. The summed E-state index contributed by atoms with van der Waals surface area (Å²) in [6, 6.07) is 0. The number of allylic oxidation sites excluding steroid dienone is 1. The molecule has 0 radical (unpaired) electrons. The lowest BCUT2D eigenvalue weighted by Gasteiger charge is -2.61. The number of alkyl halides is 2. The Kier molecular flexibility index (Phi) is 6.29. The minimum atomic E-state index is -4.46. The van der Waals surface area contributed by atoms with E-state index in [1.165, 1.54) is 5.57 Å². The third-order valence-electron chi connectivity index (χ3n) is 7.99. The van der Waals surface area contributed by atoms with E-state index >= 15 is 0 Å². The Hall–Kier alpha value is 0.530. The van der Waals surface area contributed by atoms with Crippen molar-refractivity contribution in [3.63, 3.8) is 0 Å². The van der Waals surface area contributed by atoms with Crippen LogP contribution in [0.15, 0.2) is 11.6 Å². The van der Waals surface area contributed by atoms with Crippen LogP contribution in [0.4, 0.5) is 0 Å². The third-order valence-corrected chi connectivity index (χ3v) is 11.4. The van der Waals surface area contributed by atoms with Gasteiger partial charge in [-0.3, -0.25) is 4.55 Å². The minimum absolute atomic E-state index is 0.0773. The first kappa shape index (κ1) is 23.2. The highest BCUT2D eigenvalue weighted by Crippen LogP contribution is 2.65. The summed E-state index contributed by atoms with van der Waals surface area (Å²) in [4.78, 5) is 0.216. The number of hydrogen-bond acceptors (Lipinski definition) is 4. The van der Waals surface area contributed by atoms with Crippen LogP contribution in [0.3, 0.4) is 0 Å². The Morgan fingerprint density at radius 3 is 2.57 bits per heavy atom. The molecule has 0 aliphatic heterocycles. The number of hydrogen-bond donors (Lipinski definition) is 2. The number of aliphatic hydroxyl groups is 1. The fourth-order valence-electron chi connectivity index (χ4n) is 6.12. The monoisotopic (exact) mass is 542 g/mol. The van der Waals surface area contributed by atoms with Crippen LogP contribution in [-0.2, 0) is 14.6 Å². The van der Waals surface area contributed by atoms with Crippen LogP contribution >= 0.6 is 31.9 Å². The maximum atomic E-state index is 11.1. The van der Waals surface area contributed by atoms with Crippen LogP contribution in [0.2, 0.25) is 0 Å². The number of halogens is 2. The first-order chi connectivity index (χ1) is 12.7. The highest BCUT2D eigenvalue weighted by atomic mass is 79.9. The van der Waals surface area contributed by atoms with E-state index in [-0.39, 0.29) is 33.6 Å². The lowest BCUT2D eigenvalue weighted by molar-refractivity contribution is -0.0692. The SMILES string of the molecule is CC1(C)[C@H](Br)CC[C@@]2(C)C3=CC[C@](C)([C@@H](Br)COS(=O)(=O)O)C[C@H]3[C@H](O)C[C@H]12. The average molecular weight is 544 g/mol. The average Bonchev–Trinajstić information content (AvgIpc) is 2.58. The summed E-state index contributed by atoms with van der Waals surface area (Å²) in [5, 5.41) is 11.1. The van der Waals surface area contributed by atoms with Crippen molar-refractivity contribution in [3.8, 4) is 0 Å². The second kappa shape index (κ2) is 7.59. The topological polar surface area (TPSA) is 83.8 Å². The van der Waals surface area contributed by atoms with Gasteiger partial charge in [0, 0.05) is 15.6 Å². The van der Waals surface area contributed by atoms with Crippen LogP contribution < -0.4 is 0 Å². The zero-order valence-corrected chi connectivity index (χ0v) is 21.0. The molecule has 28 heavy (non-hydrogen) atoms. The van der Waals surface area contributed by atoms with Gasteiger partial charge in [-0.2, -0.15) is 8.42 Å². The quantitative estimate of drug-likeness (QED) is 0.300. The molecule has 0 heterocycles. The summed E-state index contributed by atoms with van der Waals surface area (Å²) < 4.78 is 35.4. The van der Waals surface area contributed by atoms with E-state index in [2.05, 4.69) is 69.8 Å². The van der Waals surface area contributed by atoms with Crippen molar-refractivity contribution in [2.45, 2.75) is 75.6 Å². The van der Waals surface area contributed by atoms with Crippen LogP contribution in [0.1, 0.15) is 59.8 Å². The molecule has 3 rings (SSSR count). The molecule has 0 spiro atoms. The summed E-state index contributed by atoms with van der Waals surface area (Å²) in [5.41, 5.74) is 1.33. The summed E-state index contributed by atoms with van der Waals surface area (Å²) >= 11 is 7.46. The van der Waals surface area contributed by atoms with Gasteiger partial charge >= 0.3 is 10.4 Å². The van der Waals surface area contributed by atoms with E-state index < -0.39 is 16.5 Å². The van der Waals surface area contributed by atoms with Gasteiger partial charge in [0.15, 0.2) is 0 Å². The Bertz CT molecular complexity index is 752. The molecule has 0 bridgehead atoms. The standard InChI is InChI=1S/C20H32Br2O5S/c1-18(2)15-9-14(23)12-10-19(3,17(22)11-27-28(24,25)26)7-5-13(12)20(15,4)8-6-16(18)21/h5,12,14-17,23H,6-11H2,1-4H3,(H,24,25,26)/t12-,14-,15-,16-,17+,19+,20+/m1/s1. The van der Waals surface area contributed by atoms with Gasteiger partial charge in [-0.05, 0) is 54.3 Å². The van der Waals surface area contributed by atoms with Crippen molar-refractivity contribution < 1.29 is 22.3 Å². The molecule has 2 fully saturated rings. The second-order valence-electron chi connectivity index (χ2n) is 10.1. The van der Waals surface area contributed by atoms with Gasteiger partial charge in [0.2, 0.25) is 0 Å². The van der Waals surface area contributed by atoms with Crippen LogP contribution in [0, 0.1) is 28.1 Å². The zero-order chi connectivity index (χ0) is 21.1. The molecule has 0 amide bonds. The molecule has 0 aromatic heterocycles. The van der Waals surface area contributed by atoms with E-state index in [1.54, 1.807) is 0 Å². The fourth-order valence-corrected chi connectivity index (χ4v) is 7.66. The van der Waals surface area contributed by atoms with Crippen LogP contribution in [0.5, 0.6) is 0 Å². The third kappa shape index (κ3) is 4.03. The number of fused-ring (bicyclic) bond motifs is 3. The minimum Gasteiger partial charge on any atom is -0.392 e. The van der Waals surface area contributed by atoms with Crippen molar-refractivity contribution in [3.05, 3.63) is 11.6 Å². The highest BCUT2D eigenvalue weighted by Gasteiger charge is 2.58. The molecule has 162 valence electrons. The number of aliphatic hydroxyl groups excluding tert-OH is 1. The molecule has 8 heteroatoms. The van der Waals surface area contributed by atoms with Crippen LogP contribution in [0.25, 0.3) is 0 Å². The van der Waals surface area contributed by atoms with Crippen molar-refractivity contribution in [2.24, 2.45) is 28.1 Å². The van der Waals surface area contributed by atoms with Crippen molar-refractivity contribution >= 4 is 42.3 Å². The van der Waals surface area contributed by atoms with Gasteiger partial charge in [0.25, 0.3) is 0 Å². The first-order valence-corrected chi connectivity index (χ1v) is 13.2. The van der Waals surface area contributed by atoms with E-state index in [0.29, 0.717) is 10.7 Å². The Balaban J connectivity index is 1.88. The lowest BCUT2D eigenvalue weighted by atomic mass is 9.45. The van der Waals surface area contributed by atoms with Crippen molar-refractivity contribution in [1.82, 2.24) is 0 Å². The van der Waals surface area contributed by atoms with Gasteiger partial charge in [0.05, 0.1) is 12.7 Å². The molecule has 0 aromatic rings. The highest BCUT2D eigenvalue weighted by molar-refractivity contribution is 9.09. The van der Waals surface area contributed by atoms with Gasteiger partial charge < -0.3 is 5.11 Å². The Morgan fingerprint density at radius 1 is 1.32 bits per heavy atom. The number of rotatable bonds is 4. The second-order valence-corrected chi connectivity index (χ2v) is 13.4. The molecule has 3 aliphatic carbocycles. The molecule has 0 unspecified atom stereocenters.